The van der Waals surface area contributed by atoms with E-state index in [1.165, 1.54) is 0 Å². The maximum atomic E-state index is 12.1. The molecular weight excluding hydrogens is 509 g/mol. The molecule has 1 amide bonds. The molecule has 0 atom stereocenters. The first kappa shape index (κ1) is 22.4. The van der Waals surface area contributed by atoms with E-state index in [9.17, 15) is 4.79 Å². The average Bonchev–Trinajstić information content (AvgIpc) is 2.62. The summed E-state index contributed by atoms with van der Waals surface area (Å²) < 4.78 is 0.936. The van der Waals surface area contributed by atoms with E-state index in [1.807, 2.05) is 43.3 Å². The number of guanidine groups is 1. The van der Waals surface area contributed by atoms with E-state index in [0.717, 1.165) is 21.4 Å². The van der Waals surface area contributed by atoms with E-state index in [4.69, 9.17) is 0 Å². The Labute approximate surface area is 179 Å². The van der Waals surface area contributed by atoms with E-state index in [-0.39, 0.29) is 29.9 Å². The maximum Gasteiger partial charge on any atom is 0.226 e. The topological polar surface area (TPSA) is 78.4 Å². The van der Waals surface area contributed by atoms with Gasteiger partial charge in [-0.15, -0.1) is 24.0 Å². The summed E-state index contributed by atoms with van der Waals surface area (Å²) in [5, 5.41) is 9.21. The lowest BCUT2D eigenvalue weighted by Gasteiger charge is -2.12. The second-order valence-corrected chi connectivity index (χ2v) is 6.35. The summed E-state index contributed by atoms with van der Waals surface area (Å²) in [5.41, 5.74) is 2.77. The fourth-order valence-corrected chi connectivity index (χ4v) is 2.49. The molecule has 0 saturated heterocycles. The minimum Gasteiger partial charge on any atom is -0.356 e. The normalized spacial score (nSPS) is 10.7. The number of aliphatic imine (C=N–C) groups is 1. The van der Waals surface area contributed by atoms with Crippen LogP contribution in [0, 0.1) is 6.92 Å². The molecule has 6 nitrogen and oxygen atoms in total. The number of benzene rings is 1. The van der Waals surface area contributed by atoms with Gasteiger partial charge >= 0.3 is 0 Å². The van der Waals surface area contributed by atoms with E-state index >= 15 is 0 Å². The number of anilines is 1. The molecule has 1 aromatic carbocycles. The number of aromatic nitrogens is 1. The lowest BCUT2D eigenvalue weighted by molar-refractivity contribution is -0.116. The van der Waals surface area contributed by atoms with Crippen molar-refractivity contribution >= 4 is 57.5 Å². The van der Waals surface area contributed by atoms with Gasteiger partial charge in [-0.05, 0) is 36.8 Å². The number of halogens is 2. The minimum absolute atomic E-state index is 0. The first-order chi connectivity index (χ1) is 12.1. The van der Waals surface area contributed by atoms with Crippen molar-refractivity contribution in [3.8, 4) is 0 Å². The summed E-state index contributed by atoms with van der Waals surface area (Å²) in [6.07, 6.45) is 2.09. The number of carbonyl (C=O) groups excluding carboxylic acids is 1. The van der Waals surface area contributed by atoms with Crippen LogP contribution in [0.4, 0.5) is 5.69 Å². The van der Waals surface area contributed by atoms with Gasteiger partial charge in [0.1, 0.15) is 0 Å². The number of amides is 1. The molecule has 0 fully saturated rings. The van der Waals surface area contributed by atoms with Crippen LogP contribution in [-0.4, -0.2) is 30.4 Å². The number of rotatable bonds is 6. The van der Waals surface area contributed by atoms with Crippen molar-refractivity contribution in [2.24, 2.45) is 4.99 Å². The van der Waals surface area contributed by atoms with Gasteiger partial charge in [0, 0.05) is 36.4 Å². The third-order valence-corrected chi connectivity index (χ3v) is 4.00. The van der Waals surface area contributed by atoms with Gasteiger partial charge in [0.15, 0.2) is 5.96 Å². The molecule has 2 rings (SSSR count). The van der Waals surface area contributed by atoms with Gasteiger partial charge in [0.2, 0.25) is 5.91 Å². The highest BCUT2D eigenvalue weighted by molar-refractivity contribution is 14.0. The van der Waals surface area contributed by atoms with Gasteiger partial charge in [0.25, 0.3) is 0 Å². The van der Waals surface area contributed by atoms with Crippen LogP contribution in [0.5, 0.6) is 0 Å². The van der Waals surface area contributed by atoms with E-state index < -0.39 is 0 Å². The molecule has 1 heterocycles. The predicted octanol–water partition coefficient (Wildman–Crippen LogP) is 3.46. The van der Waals surface area contributed by atoms with Gasteiger partial charge in [-0.3, -0.25) is 14.8 Å². The lowest BCUT2D eigenvalue weighted by Crippen LogP contribution is -2.38. The number of hydrogen-bond donors (Lipinski definition) is 3. The second-order valence-electron chi connectivity index (χ2n) is 5.43. The summed E-state index contributed by atoms with van der Waals surface area (Å²) >= 11 is 3.41. The Hall–Kier alpha value is -1.68. The van der Waals surface area contributed by atoms with Gasteiger partial charge in [-0.2, -0.15) is 0 Å². The van der Waals surface area contributed by atoms with Crippen LogP contribution >= 0.6 is 39.9 Å². The Bertz CT molecular complexity index is 740. The number of carbonyl (C=O) groups is 1. The number of hydrogen-bond acceptors (Lipinski definition) is 3. The van der Waals surface area contributed by atoms with Crippen molar-refractivity contribution in [3.05, 3.63) is 58.3 Å². The molecular formula is C18H23BrIN5O. The number of aryl methyl sites for hydroxylation is 1. The fourth-order valence-electron chi connectivity index (χ4n) is 2.13. The molecule has 0 spiro atoms. The summed E-state index contributed by atoms with van der Waals surface area (Å²) in [5.74, 6) is 0.589. The zero-order valence-electron chi connectivity index (χ0n) is 14.8. The van der Waals surface area contributed by atoms with Gasteiger partial charge in [-0.1, -0.05) is 28.1 Å². The van der Waals surface area contributed by atoms with Crippen LogP contribution in [0.3, 0.4) is 0 Å². The Balaban J connectivity index is 0.00000338. The molecule has 0 unspecified atom stereocenters. The molecule has 8 heteroatoms. The monoisotopic (exact) mass is 531 g/mol. The quantitative estimate of drug-likeness (QED) is 0.303. The predicted molar refractivity (Wildman–Crippen MR) is 120 cm³/mol. The molecule has 0 aliphatic carbocycles. The highest BCUT2D eigenvalue weighted by atomic mass is 127. The average molecular weight is 532 g/mol. The molecule has 1 aromatic heterocycles. The van der Waals surface area contributed by atoms with Crippen LogP contribution in [0.15, 0.2) is 52.1 Å². The summed E-state index contributed by atoms with van der Waals surface area (Å²) in [4.78, 5) is 20.5. The first-order valence-corrected chi connectivity index (χ1v) is 8.78. The van der Waals surface area contributed by atoms with Gasteiger partial charge in [0.05, 0.1) is 12.2 Å². The van der Waals surface area contributed by atoms with Crippen LogP contribution in [0.2, 0.25) is 0 Å². The smallest absolute Gasteiger partial charge is 0.226 e. The number of pyridine rings is 1. The van der Waals surface area contributed by atoms with Crippen LogP contribution in [-0.2, 0) is 11.3 Å². The minimum atomic E-state index is -0.0473. The third kappa shape index (κ3) is 7.69. The van der Waals surface area contributed by atoms with Crippen LogP contribution in [0.1, 0.15) is 17.7 Å². The molecule has 0 aliphatic heterocycles. The molecule has 3 N–H and O–H groups in total. The van der Waals surface area contributed by atoms with E-state index in [0.29, 0.717) is 25.5 Å². The SMILES string of the molecule is CN=C(NCCC(=O)Nc1cc(Br)ccc1C)NCc1ccccn1.I. The fraction of sp³-hybridized carbons (Fsp3) is 0.278. The molecule has 2 aromatic rings. The second kappa shape index (κ2) is 11.8. The van der Waals surface area contributed by atoms with Crippen molar-refractivity contribution in [1.29, 1.82) is 0 Å². The highest BCUT2D eigenvalue weighted by Crippen LogP contribution is 2.20. The van der Waals surface area contributed by atoms with Gasteiger partial charge in [-0.25, -0.2) is 0 Å². The Kier molecular flexibility index (Phi) is 10.2. The summed E-state index contributed by atoms with van der Waals surface area (Å²) in [7, 11) is 1.69. The van der Waals surface area contributed by atoms with Crippen LogP contribution in [0.25, 0.3) is 0 Å². The lowest BCUT2D eigenvalue weighted by atomic mass is 10.2. The van der Waals surface area contributed by atoms with Crippen molar-refractivity contribution in [1.82, 2.24) is 15.6 Å². The van der Waals surface area contributed by atoms with Crippen molar-refractivity contribution < 1.29 is 4.79 Å². The Morgan fingerprint density at radius 3 is 2.73 bits per heavy atom. The highest BCUT2D eigenvalue weighted by Gasteiger charge is 2.06. The zero-order valence-corrected chi connectivity index (χ0v) is 18.7. The van der Waals surface area contributed by atoms with E-state index in [1.54, 1.807) is 13.2 Å². The number of nitrogens with zero attached hydrogens (tertiary/aromatic N) is 2. The number of nitrogens with one attached hydrogen (secondary N) is 3. The molecule has 0 saturated carbocycles. The zero-order chi connectivity index (χ0) is 18.1. The first-order valence-electron chi connectivity index (χ1n) is 7.99. The largest absolute Gasteiger partial charge is 0.356 e. The molecule has 0 bridgehead atoms. The van der Waals surface area contributed by atoms with Crippen molar-refractivity contribution in [3.63, 3.8) is 0 Å². The molecule has 0 aliphatic rings. The van der Waals surface area contributed by atoms with Crippen molar-refractivity contribution in [2.75, 3.05) is 18.9 Å². The molecule has 26 heavy (non-hydrogen) atoms. The molecule has 140 valence electrons. The summed E-state index contributed by atoms with van der Waals surface area (Å²) in [6.45, 7) is 3.02. The van der Waals surface area contributed by atoms with E-state index in [2.05, 4.69) is 41.9 Å². The Morgan fingerprint density at radius 2 is 2.04 bits per heavy atom. The van der Waals surface area contributed by atoms with Gasteiger partial charge < -0.3 is 16.0 Å². The summed E-state index contributed by atoms with van der Waals surface area (Å²) in [6, 6.07) is 11.6. The molecule has 0 radical (unpaired) electrons. The Morgan fingerprint density at radius 1 is 1.23 bits per heavy atom. The van der Waals surface area contributed by atoms with Crippen LogP contribution < -0.4 is 16.0 Å². The third-order valence-electron chi connectivity index (χ3n) is 3.50. The van der Waals surface area contributed by atoms with Crippen molar-refractivity contribution in [2.45, 2.75) is 19.9 Å². The maximum absolute atomic E-state index is 12.1. The standard InChI is InChI=1S/C18H22BrN5O.HI/c1-13-6-7-14(19)11-16(13)24-17(25)8-10-22-18(20-2)23-12-15-5-3-4-9-21-15;/h3-7,9,11H,8,10,12H2,1-2H3,(H,24,25)(H2,20,22,23);1H.